The molecule has 0 radical (unpaired) electrons. The summed E-state index contributed by atoms with van der Waals surface area (Å²) in [5, 5.41) is 0. The van der Waals surface area contributed by atoms with E-state index in [1.807, 2.05) is 24.3 Å². The van der Waals surface area contributed by atoms with Crippen molar-refractivity contribution in [2.45, 2.75) is 17.6 Å². The van der Waals surface area contributed by atoms with Crippen molar-refractivity contribution in [1.29, 1.82) is 0 Å². The molecule has 4 heteroatoms. The van der Waals surface area contributed by atoms with Crippen LogP contribution in [0.15, 0.2) is 24.3 Å². The zero-order valence-corrected chi connectivity index (χ0v) is 11.9. The Morgan fingerprint density at radius 1 is 1.26 bits per heavy atom. The topological polar surface area (TPSA) is 35.5 Å². The first-order valence-corrected chi connectivity index (χ1v) is 7.88. The van der Waals surface area contributed by atoms with Crippen molar-refractivity contribution in [1.82, 2.24) is 0 Å². The maximum Gasteiger partial charge on any atom is 0.174 e. The highest BCUT2D eigenvalue weighted by Crippen LogP contribution is 2.44. The highest BCUT2D eigenvalue weighted by molar-refractivity contribution is 8.00. The third-order valence-corrected chi connectivity index (χ3v) is 5.76. The molecular weight excluding hydrogens is 260 g/mol. The second-order valence-corrected chi connectivity index (χ2v) is 6.33. The number of thioether (sulfide) groups is 1. The fourth-order valence-electron chi connectivity index (χ4n) is 3.04. The van der Waals surface area contributed by atoms with Crippen molar-refractivity contribution in [3.05, 3.63) is 29.8 Å². The van der Waals surface area contributed by atoms with E-state index in [4.69, 9.17) is 9.47 Å². The van der Waals surface area contributed by atoms with Gasteiger partial charge in [-0.15, -0.1) is 0 Å². The Labute approximate surface area is 117 Å². The lowest BCUT2D eigenvalue weighted by Gasteiger charge is -2.42. The highest BCUT2D eigenvalue weighted by atomic mass is 32.2. The molecule has 0 aliphatic carbocycles. The first-order valence-electron chi connectivity index (χ1n) is 6.66. The number of carbonyl (C=O) groups excluding carboxylic acids is 1. The number of para-hydroxylation sites is 1. The summed E-state index contributed by atoms with van der Waals surface area (Å²) in [6, 6.07) is 7.56. The molecule has 0 aromatic heterocycles. The molecule has 0 saturated carbocycles. The molecule has 0 N–H and O–H groups in total. The first kappa shape index (κ1) is 13.0. The molecule has 102 valence electrons. The summed E-state index contributed by atoms with van der Waals surface area (Å²) in [6.07, 6.45) is 3.95. The smallest absolute Gasteiger partial charge is 0.174 e. The van der Waals surface area contributed by atoms with Crippen molar-refractivity contribution in [2.75, 3.05) is 26.1 Å². The minimum atomic E-state index is -0.0544. The van der Waals surface area contributed by atoms with E-state index < -0.39 is 0 Å². The average Bonchev–Trinajstić information content (AvgIpc) is 2.48. The summed E-state index contributed by atoms with van der Waals surface area (Å²) in [4.78, 5) is 12.7. The minimum absolute atomic E-state index is 0.0249. The number of carbonyl (C=O) groups is 1. The maximum absolute atomic E-state index is 12.7. The third kappa shape index (κ3) is 2.17. The Hall–Kier alpha value is -1.00. The molecular formula is C15H18O3S. The molecule has 3 rings (SSSR count). The lowest BCUT2D eigenvalue weighted by Crippen LogP contribution is -2.48. The molecule has 2 aliphatic heterocycles. The number of hydrogen-bond donors (Lipinski definition) is 0. The summed E-state index contributed by atoms with van der Waals surface area (Å²) in [7, 11) is 0. The number of ketones is 1. The summed E-state index contributed by atoms with van der Waals surface area (Å²) >= 11 is 1.80. The van der Waals surface area contributed by atoms with Gasteiger partial charge in [0.1, 0.15) is 5.75 Å². The second kappa shape index (κ2) is 5.17. The molecule has 1 aromatic rings. The van der Waals surface area contributed by atoms with E-state index in [9.17, 15) is 4.79 Å². The van der Waals surface area contributed by atoms with Gasteiger partial charge in [0.15, 0.2) is 5.78 Å². The van der Waals surface area contributed by atoms with Gasteiger partial charge in [0.25, 0.3) is 0 Å². The van der Waals surface area contributed by atoms with E-state index in [1.165, 1.54) is 0 Å². The van der Waals surface area contributed by atoms with E-state index in [0.717, 1.165) is 37.4 Å². The third-order valence-electron chi connectivity index (χ3n) is 4.26. The number of Topliss-reactive ketones (excluding diaryl/α,β-unsaturated/α-hetero) is 1. The molecule has 1 saturated heterocycles. The van der Waals surface area contributed by atoms with Gasteiger partial charge in [-0.2, -0.15) is 11.8 Å². The van der Waals surface area contributed by atoms with Crippen LogP contribution in [0.4, 0.5) is 0 Å². The van der Waals surface area contributed by atoms with Gasteiger partial charge in [0.2, 0.25) is 0 Å². The van der Waals surface area contributed by atoms with E-state index in [2.05, 4.69) is 6.26 Å². The Morgan fingerprint density at radius 2 is 2.00 bits per heavy atom. The number of benzene rings is 1. The molecule has 0 amide bonds. The lowest BCUT2D eigenvalue weighted by molar-refractivity contribution is 0.0431. The molecule has 0 bridgehead atoms. The molecule has 19 heavy (non-hydrogen) atoms. The van der Waals surface area contributed by atoms with E-state index in [1.54, 1.807) is 11.8 Å². The van der Waals surface area contributed by atoms with Crippen molar-refractivity contribution in [3.63, 3.8) is 0 Å². The SMILES string of the molecule is CSC1(C2COc3ccccc3C2=O)CCOCC1. The second-order valence-electron chi connectivity index (χ2n) is 5.11. The lowest BCUT2D eigenvalue weighted by atomic mass is 9.79. The van der Waals surface area contributed by atoms with Gasteiger partial charge in [-0.05, 0) is 31.2 Å². The Morgan fingerprint density at radius 3 is 2.74 bits per heavy atom. The van der Waals surface area contributed by atoms with Gasteiger partial charge in [-0.3, -0.25) is 4.79 Å². The highest BCUT2D eigenvalue weighted by Gasteiger charge is 2.46. The summed E-state index contributed by atoms with van der Waals surface area (Å²) in [6.45, 7) is 1.98. The van der Waals surface area contributed by atoms with Gasteiger partial charge in [-0.25, -0.2) is 0 Å². The van der Waals surface area contributed by atoms with Gasteiger partial charge in [0.05, 0.1) is 18.1 Å². The minimum Gasteiger partial charge on any atom is -0.492 e. The molecule has 0 spiro atoms. The van der Waals surface area contributed by atoms with Crippen LogP contribution >= 0.6 is 11.8 Å². The van der Waals surface area contributed by atoms with Crippen LogP contribution in [0, 0.1) is 5.92 Å². The fraction of sp³-hybridized carbons (Fsp3) is 0.533. The number of fused-ring (bicyclic) bond motifs is 1. The molecule has 2 heterocycles. The van der Waals surface area contributed by atoms with Crippen molar-refractivity contribution >= 4 is 17.5 Å². The van der Waals surface area contributed by atoms with E-state index in [-0.39, 0.29) is 16.4 Å². The van der Waals surface area contributed by atoms with Crippen LogP contribution in [0.5, 0.6) is 5.75 Å². The Bertz CT molecular complexity index is 480. The summed E-state index contributed by atoms with van der Waals surface area (Å²) in [5.41, 5.74) is 0.735. The fourth-order valence-corrected chi connectivity index (χ4v) is 4.07. The zero-order valence-electron chi connectivity index (χ0n) is 11.1. The van der Waals surface area contributed by atoms with Gasteiger partial charge in [0, 0.05) is 18.0 Å². The van der Waals surface area contributed by atoms with Crippen molar-refractivity contribution < 1.29 is 14.3 Å². The molecule has 2 aliphatic rings. The predicted molar refractivity (Wildman–Crippen MR) is 76.1 cm³/mol. The van der Waals surface area contributed by atoms with Crippen molar-refractivity contribution in [2.24, 2.45) is 5.92 Å². The van der Waals surface area contributed by atoms with Crippen LogP contribution in [0.1, 0.15) is 23.2 Å². The molecule has 1 atom stereocenters. The monoisotopic (exact) mass is 278 g/mol. The van der Waals surface area contributed by atoms with Gasteiger partial charge in [-0.1, -0.05) is 12.1 Å². The summed E-state index contributed by atoms with van der Waals surface area (Å²) in [5.74, 6) is 0.909. The normalized spacial score (nSPS) is 25.5. The molecule has 1 unspecified atom stereocenters. The van der Waals surface area contributed by atoms with Crippen molar-refractivity contribution in [3.8, 4) is 5.75 Å². The number of hydrogen-bond acceptors (Lipinski definition) is 4. The zero-order chi connectivity index (χ0) is 13.3. The van der Waals surface area contributed by atoms with Crippen LogP contribution in [-0.4, -0.2) is 36.6 Å². The predicted octanol–water partition coefficient (Wildman–Crippen LogP) is 2.79. The van der Waals surface area contributed by atoms with E-state index >= 15 is 0 Å². The van der Waals surface area contributed by atoms with Gasteiger partial charge < -0.3 is 9.47 Å². The standard InChI is InChI=1S/C15H18O3S/c1-19-15(6-8-17-9-7-15)12-10-18-13-5-3-2-4-11(13)14(12)16/h2-5,12H,6-10H2,1H3. The largest absolute Gasteiger partial charge is 0.492 e. The van der Waals surface area contributed by atoms with Crippen LogP contribution in [-0.2, 0) is 4.74 Å². The average molecular weight is 278 g/mol. The summed E-state index contributed by atoms with van der Waals surface area (Å²) < 4.78 is 11.2. The molecule has 1 aromatic carbocycles. The number of ether oxygens (including phenoxy) is 2. The molecule has 3 nitrogen and oxygen atoms in total. The maximum atomic E-state index is 12.7. The first-order chi connectivity index (χ1) is 9.27. The Kier molecular flexibility index (Phi) is 3.54. The van der Waals surface area contributed by atoms with Crippen LogP contribution in [0.3, 0.4) is 0 Å². The Balaban J connectivity index is 1.92. The molecule has 1 fully saturated rings. The van der Waals surface area contributed by atoms with Crippen LogP contribution in [0.25, 0.3) is 0 Å². The number of rotatable bonds is 2. The van der Waals surface area contributed by atoms with Gasteiger partial charge >= 0.3 is 0 Å². The van der Waals surface area contributed by atoms with Crippen LogP contribution < -0.4 is 4.74 Å². The van der Waals surface area contributed by atoms with E-state index in [0.29, 0.717) is 6.61 Å². The van der Waals surface area contributed by atoms with Crippen LogP contribution in [0.2, 0.25) is 0 Å². The quantitative estimate of drug-likeness (QED) is 0.833.